The van der Waals surface area contributed by atoms with Crippen molar-refractivity contribution in [2.24, 2.45) is 0 Å². The Kier molecular flexibility index (Phi) is 2.10. The van der Waals surface area contributed by atoms with Gasteiger partial charge in [0.15, 0.2) is 0 Å². The molecule has 3 heteroatoms. The van der Waals surface area contributed by atoms with E-state index in [0.29, 0.717) is 0 Å². The molecule has 2 saturated heterocycles. The number of nitrogens with one attached hydrogen (secondary N) is 1. The van der Waals surface area contributed by atoms with Gasteiger partial charge in [-0.15, -0.1) is 0 Å². The molecule has 3 nitrogen and oxygen atoms in total. The number of rotatable bonds is 1. The molecule has 2 N–H and O–H groups in total. The molecule has 70 valence electrons. The zero-order chi connectivity index (χ0) is 8.60. The molecule has 0 radical (unpaired) electrons. The fraction of sp³-hybridized carbons (Fsp3) is 1.00. The van der Waals surface area contributed by atoms with Crippen molar-refractivity contribution < 1.29 is 5.11 Å². The van der Waals surface area contributed by atoms with Gasteiger partial charge in [-0.3, -0.25) is 4.90 Å². The van der Waals surface area contributed by atoms with Crippen molar-refractivity contribution in [1.82, 2.24) is 10.2 Å². The second-order valence-corrected chi connectivity index (χ2v) is 4.34. The lowest BCUT2D eigenvalue weighted by atomic mass is 9.92. The van der Waals surface area contributed by atoms with Gasteiger partial charge >= 0.3 is 0 Å². The quantitative estimate of drug-likeness (QED) is 0.572. The molecule has 2 aliphatic rings. The molecule has 0 unspecified atom stereocenters. The first-order valence-corrected chi connectivity index (χ1v) is 4.84. The fourth-order valence-corrected chi connectivity index (χ4v) is 1.90. The van der Waals surface area contributed by atoms with Gasteiger partial charge in [0.2, 0.25) is 0 Å². The normalized spacial score (nSPS) is 31.5. The Morgan fingerprint density at radius 3 is 2.33 bits per heavy atom. The van der Waals surface area contributed by atoms with E-state index in [1.54, 1.807) is 0 Å². The summed E-state index contributed by atoms with van der Waals surface area (Å²) in [7, 11) is 0. The van der Waals surface area contributed by atoms with E-state index in [-0.39, 0.29) is 0 Å². The fourth-order valence-electron chi connectivity index (χ4n) is 1.90. The van der Waals surface area contributed by atoms with Crippen molar-refractivity contribution in [3.63, 3.8) is 0 Å². The highest BCUT2D eigenvalue weighted by Gasteiger charge is 2.32. The van der Waals surface area contributed by atoms with Crippen LogP contribution < -0.4 is 5.32 Å². The summed E-state index contributed by atoms with van der Waals surface area (Å²) in [5.41, 5.74) is -0.395. The van der Waals surface area contributed by atoms with E-state index >= 15 is 0 Å². The number of hydrogen-bond acceptors (Lipinski definition) is 3. The van der Waals surface area contributed by atoms with Crippen LogP contribution in [0.1, 0.15) is 19.8 Å². The first kappa shape index (κ1) is 8.48. The smallest absolute Gasteiger partial charge is 0.0644 e. The maximum absolute atomic E-state index is 9.72. The molecule has 2 fully saturated rings. The molecule has 2 aliphatic heterocycles. The number of hydrogen-bond donors (Lipinski definition) is 2. The van der Waals surface area contributed by atoms with Crippen molar-refractivity contribution in [1.29, 1.82) is 0 Å². The largest absolute Gasteiger partial charge is 0.390 e. The van der Waals surface area contributed by atoms with Crippen LogP contribution in [0.15, 0.2) is 0 Å². The predicted octanol–water partition coefficient (Wildman–Crippen LogP) is -0.195. The van der Waals surface area contributed by atoms with Crippen molar-refractivity contribution in [3.05, 3.63) is 0 Å². The lowest BCUT2D eigenvalue weighted by Crippen LogP contribution is -2.60. The first-order chi connectivity index (χ1) is 5.67. The molecule has 0 bridgehead atoms. The van der Waals surface area contributed by atoms with Gasteiger partial charge in [0.25, 0.3) is 0 Å². The molecule has 0 atom stereocenters. The number of aliphatic hydroxyl groups is 1. The van der Waals surface area contributed by atoms with Gasteiger partial charge in [-0.05, 0) is 19.8 Å². The lowest BCUT2D eigenvalue weighted by molar-refractivity contribution is -0.0227. The third kappa shape index (κ3) is 1.63. The zero-order valence-corrected chi connectivity index (χ0v) is 7.71. The van der Waals surface area contributed by atoms with Crippen LogP contribution in [0.3, 0.4) is 0 Å². The van der Waals surface area contributed by atoms with E-state index in [1.807, 2.05) is 6.92 Å². The maximum atomic E-state index is 9.72. The minimum absolute atomic E-state index is 0.395. The van der Waals surface area contributed by atoms with Gasteiger partial charge in [-0.25, -0.2) is 0 Å². The van der Waals surface area contributed by atoms with Gasteiger partial charge in [0.1, 0.15) is 0 Å². The Morgan fingerprint density at radius 2 is 1.92 bits per heavy atom. The van der Waals surface area contributed by atoms with Crippen molar-refractivity contribution in [3.8, 4) is 0 Å². The van der Waals surface area contributed by atoms with Crippen LogP contribution in [0, 0.1) is 0 Å². The molecule has 2 rings (SSSR count). The number of likely N-dealkylation sites (tertiary alicyclic amines) is 1. The maximum Gasteiger partial charge on any atom is 0.0644 e. The van der Waals surface area contributed by atoms with Gasteiger partial charge in [-0.1, -0.05) is 0 Å². The lowest BCUT2D eigenvalue weighted by Gasteiger charge is -2.43. The average Bonchev–Trinajstić information content (AvgIpc) is 1.89. The van der Waals surface area contributed by atoms with Gasteiger partial charge in [0, 0.05) is 32.2 Å². The summed E-state index contributed by atoms with van der Waals surface area (Å²) in [6, 6.07) is 0.751. The Balaban J connectivity index is 1.81. The van der Waals surface area contributed by atoms with Gasteiger partial charge in [0.05, 0.1) is 5.60 Å². The Labute approximate surface area is 73.8 Å². The van der Waals surface area contributed by atoms with E-state index in [0.717, 1.165) is 45.1 Å². The van der Waals surface area contributed by atoms with Crippen molar-refractivity contribution >= 4 is 0 Å². The monoisotopic (exact) mass is 170 g/mol. The van der Waals surface area contributed by atoms with Crippen LogP contribution in [-0.4, -0.2) is 47.8 Å². The van der Waals surface area contributed by atoms with Crippen LogP contribution in [0.25, 0.3) is 0 Å². The van der Waals surface area contributed by atoms with E-state index in [4.69, 9.17) is 0 Å². The van der Waals surface area contributed by atoms with Crippen LogP contribution in [0.2, 0.25) is 0 Å². The highest BCUT2D eigenvalue weighted by molar-refractivity contribution is 4.90. The molecular formula is C9H18N2O. The Morgan fingerprint density at radius 1 is 1.33 bits per heavy atom. The third-order valence-corrected chi connectivity index (χ3v) is 3.15. The number of piperidine rings is 1. The SMILES string of the molecule is CC1(O)CCN(C2CNC2)CC1. The van der Waals surface area contributed by atoms with Gasteiger partial charge < -0.3 is 10.4 Å². The van der Waals surface area contributed by atoms with E-state index in [2.05, 4.69) is 10.2 Å². The summed E-state index contributed by atoms with van der Waals surface area (Å²) in [5, 5.41) is 13.0. The molecule has 0 aromatic heterocycles. The molecule has 0 aromatic carbocycles. The molecule has 12 heavy (non-hydrogen) atoms. The molecule has 0 aliphatic carbocycles. The zero-order valence-electron chi connectivity index (χ0n) is 7.71. The second kappa shape index (κ2) is 2.98. The summed E-state index contributed by atoms with van der Waals surface area (Å²) >= 11 is 0. The third-order valence-electron chi connectivity index (χ3n) is 3.15. The standard InChI is InChI=1S/C9H18N2O/c1-9(12)2-4-11(5-3-9)8-6-10-7-8/h8,10,12H,2-7H2,1H3. The number of nitrogens with zero attached hydrogens (tertiary/aromatic N) is 1. The van der Waals surface area contributed by atoms with Crippen molar-refractivity contribution in [2.75, 3.05) is 26.2 Å². The van der Waals surface area contributed by atoms with Crippen LogP contribution >= 0.6 is 0 Å². The minimum atomic E-state index is -0.395. The summed E-state index contributed by atoms with van der Waals surface area (Å²) in [6.45, 7) is 6.37. The topological polar surface area (TPSA) is 35.5 Å². The molecule has 0 aromatic rings. The Bertz CT molecular complexity index is 156. The summed E-state index contributed by atoms with van der Waals surface area (Å²) < 4.78 is 0. The summed E-state index contributed by atoms with van der Waals surface area (Å²) in [6.07, 6.45) is 1.87. The van der Waals surface area contributed by atoms with E-state index < -0.39 is 5.60 Å². The van der Waals surface area contributed by atoms with Crippen LogP contribution in [0.4, 0.5) is 0 Å². The van der Waals surface area contributed by atoms with E-state index in [9.17, 15) is 5.11 Å². The van der Waals surface area contributed by atoms with Crippen LogP contribution in [-0.2, 0) is 0 Å². The average molecular weight is 170 g/mol. The minimum Gasteiger partial charge on any atom is -0.390 e. The molecule has 0 spiro atoms. The van der Waals surface area contributed by atoms with Gasteiger partial charge in [-0.2, -0.15) is 0 Å². The highest BCUT2D eigenvalue weighted by Crippen LogP contribution is 2.23. The summed E-state index contributed by atoms with van der Waals surface area (Å²) in [5.74, 6) is 0. The Hall–Kier alpha value is -0.120. The predicted molar refractivity (Wildman–Crippen MR) is 48.1 cm³/mol. The van der Waals surface area contributed by atoms with Crippen LogP contribution in [0.5, 0.6) is 0 Å². The second-order valence-electron chi connectivity index (χ2n) is 4.34. The first-order valence-electron chi connectivity index (χ1n) is 4.84. The highest BCUT2D eigenvalue weighted by atomic mass is 16.3. The molecule has 2 heterocycles. The summed E-state index contributed by atoms with van der Waals surface area (Å²) in [4.78, 5) is 2.49. The van der Waals surface area contributed by atoms with E-state index in [1.165, 1.54) is 0 Å². The molecule has 0 amide bonds. The molecule has 0 saturated carbocycles. The van der Waals surface area contributed by atoms with Crippen molar-refractivity contribution in [2.45, 2.75) is 31.4 Å². The molecular weight excluding hydrogens is 152 g/mol.